The molecule has 1 aliphatic heterocycles. The third-order valence-electron chi connectivity index (χ3n) is 4.31. The number of thiazole rings is 1. The predicted molar refractivity (Wildman–Crippen MR) is 101 cm³/mol. The van der Waals surface area contributed by atoms with Gasteiger partial charge in [0, 0.05) is 22.2 Å². The summed E-state index contributed by atoms with van der Waals surface area (Å²) < 4.78 is 0. The van der Waals surface area contributed by atoms with Crippen molar-refractivity contribution in [3.05, 3.63) is 76.8 Å². The summed E-state index contributed by atoms with van der Waals surface area (Å²) in [5.41, 5.74) is 2.61. The Labute approximate surface area is 155 Å². The van der Waals surface area contributed by atoms with Crippen LogP contribution in [0.3, 0.4) is 0 Å². The normalized spacial score (nSPS) is 15.4. The molecule has 6 heteroatoms. The summed E-state index contributed by atoms with van der Waals surface area (Å²) in [6.45, 7) is 0.436. The number of rotatable bonds is 5. The van der Waals surface area contributed by atoms with Crippen LogP contribution in [-0.4, -0.2) is 16.8 Å². The monoisotopic (exact) mass is 363 g/mol. The number of nitrogens with zero attached hydrogens (tertiary/aromatic N) is 1. The average molecular weight is 363 g/mol. The Morgan fingerprint density at radius 1 is 1.12 bits per heavy atom. The maximum Gasteiger partial charge on any atom is 0.252 e. The highest BCUT2D eigenvalue weighted by Gasteiger charge is 2.29. The van der Waals surface area contributed by atoms with E-state index in [1.807, 2.05) is 48.5 Å². The third kappa shape index (κ3) is 3.36. The second-order valence-corrected chi connectivity index (χ2v) is 7.21. The van der Waals surface area contributed by atoms with Crippen LogP contribution < -0.4 is 10.6 Å². The summed E-state index contributed by atoms with van der Waals surface area (Å²) in [5.74, 6) is -0.213. The van der Waals surface area contributed by atoms with E-state index in [2.05, 4.69) is 15.6 Å². The molecule has 0 bridgehead atoms. The molecule has 0 spiro atoms. The van der Waals surface area contributed by atoms with Crippen molar-refractivity contribution in [2.45, 2.75) is 19.0 Å². The van der Waals surface area contributed by atoms with Crippen LogP contribution in [0.25, 0.3) is 10.6 Å². The van der Waals surface area contributed by atoms with Gasteiger partial charge in [0.25, 0.3) is 5.91 Å². The minimum Gasteiger partial charge on any atom is -0.351 e. The summed E-state index contributed by atoms with van der Waals surface area (Å²) >= 11 is 1.56. The number of fused-ring (bicyclic) bond motifs is 1. The molecule has 0 radical (unpaired) electrons. The Hall–Kier alpha value is -2.99. The first-order valence-electron chi connectivity index (χ1n) is 8.37. The number of hydrogen-bond donors (Lipinski definition) is 2. The fraction of sp³-hybridized carbons (Fsp3) is 0.150. The molecule has 1 aliphatic rings. The lowest BCUT2D eigenvalue weighted by Crippen LogP contribution is -2.28. The summed E-state index contributed by atoms with van der Waals surface area (Å²) in [6.07, 6.45) is 2.02. The molecule has 5 nitrogen and oxygen atoms in total. The van der Waals surface area contributed by atoms with Crippen LogP contribution in [0.2, 0.25) is 0 Å². The van der Waals surface area contributed by atoms with Crippen molar-refractivity contribution in [2.75, 3.05) is 0 Å². The zero-order valence-electron chi connectivity index (χ0n) is 13.9. The van der Waals surface area contributed by atoms with Crippen LogP contribution in [-0.2, 0) is 11.3 Å². The molecule has 2 N–H and O–H groups in total. The minimum atomic E-state index is -0.264. The van der Waals surface area contributed by atoms with E-state index in [0.717, 1.165) is 21.0 Å². The van der Waals surface area contributed by atoms with Crippen molar-refractivity contribution in [3.8, 4) is 10.6 Å². The fourth-order valence-electron chi connectivity index (χ4n) is 3.03. The predicted octanol–water partition coefficient (Wildman–Crippen LogP) is 3.30. The van der Waals surface area contributed by atoms with Gasteiger partial charge in [-0.2, -0.15) is 0 Å². The first-order chi connectivity index (χ1) is 12.7. The van der Waals surface area contributed by atoms with Gasteiger partial charge in [0.1, 0.15) is 5.01 Å². The fourth-order valence-corrected chi connectivity index (χ4v) is 3.89. The van der Waals surface area contributed by atoms with Crippen molar-refractivity contribution in [1.82, 2.24) is 15.6 Å². The molecule has 2 aromatic carbocycles. The second kappa shape index (κ2) is 7.09. The molecule has 1 unspecified atom stereocenters. The smallest absolute Gasteiger partial charge is 0.252 e. The van der Waals surface area contributed by atoms with Gasteiger partial charge in [0.15, 0.2) is 0 Å². The van der Waals surface area contributed by atoms with E-state index >= 15 is 0 Å². The quantitative estimate of drug-likeness (QED) is 0.731. The molecule has 2 amide bonds. The van der Waals surface area contributed by atoms with Gasteiger partial charge in [0.2, 0.25) is 5.91 Å². The molecule has 0 saturated heterocycles. The van der Waals surface area contributed by atoms with E-state index < -0.39 is 0 Å². The molecule has 0 aliphatic carbocycles. The van der Waals surface area contributed by atoms with Crippen molar-refractivity contribution < 1.29 is 9.59 Å². The Bertz CT molecular complexity index is 952. The van der Waals surface area contributed by atoms with Crippen molar-refractivity contribution in [1.29, 1.82) is 0 Å². The molecule has 0 fully saturated rings. The van der Waals surface area contributed by atoms with Gasteiger partial charge in [-0.1, -0.05) is 48.5 Å². The maximum absolute atomic E-state index is 12.3. The Morgan fingerprint density at radius 2 is 1.88 bits per heavy atom. The lowest BCUT2D eigenvalue weighted by Gasteiger charge is -2.11. The molecule has 3 aromatic rings. The van der Waals surface area contributed by atoms with E-state index in [0.29, 0.717) is 12.1 Å². The number of carbonyl (C=O) groups is 2. The molecule has 1 atom stereocenters. The Balaban J connectivity index is 1.35. The second-order valence-electron chi connectivity index (χ2n) is 6.09. The van der Waals surface area contributed by atoms with Crippen LogP contribution in [0.1, 0.15) is 33.3 Å². The summed E-state index contributed by atoms with van der Waals surface area (Å²) in [6, 6.07) is 17.1. The standard InChI is InChI=1S/C20H17N3O2S/c24-18(10-17-15-8-4-5-9-16(15)19(25)23-17)21-11-14-12-22-20(26-14)13-6-2-1-3-7-13/h1-9,12,17H,10-11H2,(H,21,24)(H,23,25). The molecular weight excluding hydrogens is 346 g/mol. The highest BCUT2D eigenvalue weighted by atomic mass is 32.1. The van der Waals surface area contributed by atoms with E-state index in [1.165, 1.54) is 0 Å². The molecular formula is C20H17N3O2S. The van der Waals surface area contributed by atoms with E-state index in [4.69, 9.17) is 0 Å². The third-order valence-corrected chi connectivity index (χ3v) is 5.36. The lowest BCUT2D eigenvalue weighted by molar-refractivity contribution is -0.121. The van der Waals surface area contributed by atoms with Crippen LogP contribution in [0.5, 0.6) is 0 Å². The first-order valence-corrected chi connectivity index (χ1v) is 9.19. The number of amides is 2. The van der Waals surface area contributed by atoms with E-state index in [1.54, 1.807) is 23.6 Å². The van der Waals surface area contributed by atoms with Crippen molar-refractivity contribution in [3.63, 3.8) is 0 Å². The molecule has 0 saturated carbocycles. The van der Waals surface area contributed by atoms with Crippen LogP contribution in [0.4, 0.5) is 0 Å². The van der Waals surface area contributed by atoms with Gasteiger partial charge >= 0.3 is 0 Å². The summed E-state index contributed by atoms with van der Waals surface area (Å²) in [4.78, 5) is 29.6. The van der Waals surface area contributed by atoms with Gasteiger partial charge in [0.05, 0.1) is 19.0 Å². The number of carbonyl (C=O) groups excluding carboxylic acids is 2. The number of benzene rings is 2. The highest BCUT2D eigenvalue weighted by Crippen LogP contribution is 2.28. The maximum atomic E-state index is 12.3. The summed E-state index contributed by atoms with van der Waals surface area (Å²) in [5, 5.41) is 6.72. The highest BCUT2D eigenvalue weighted by molar-refractivity contribution is 7.15. The first kappa shape index (κ1) is 16.5. The lowest BCUT2D eigenvalue weighted by atomic mass is 10.0. The molecule has 2 heterocycles. The van der Waals surface area contributed by atoms with E-state index in [-0.39, 0.29) is 24.3 Å². The molecule has 4 rings (SSSR count). The minimum absolute atomic E-state index is 0.0957. The van der Waals surface area contributed by atoms with Gasteiger partial charge in [-0.05, 0) is 11.6 Å². The zero-order valence-corrected chi connectivity index (χ0v) is 14.8. The zero-order chi connectivity index (χ0) is 17.9. The van der Waals surface area contributed by atoms with Crippen LogP contribution in [0, 0.1) is 0 Å². The number of aromatic nitrogens is 1. The van der Waals surface area contributed by atoms with Gasteiger partial charge in [-0.3, -0.25) is 9.59 Å². The molecule has 130 valence electrons. The van der Waals surface area contributed by atoms with Crippen LogP contribution in [0.15, 0.2) is 60.8 Å². The molecule has 1 aromatic heterocycles. The van der Waals surface area contributed by atoms with E-state index in [9.17, 15) is 9.59 Å². The SMILES string of the molecule is O=C(CC1NC(=O)c2ccccc21)NCc1cnc(-c2ccccc2)s1. The van der Waals surface area contributed by atoms with Gasteiger partial charge in [-0.25, -0.2) is 4.98 Å². The van der Waals surface area contributed by atoms with Gasteiger partial charge in [-0.15, -0.1) is 11.3 Å². The topological polar surface area (TPSA) is 71.1 Å². The van der Waals surface area contributed by atoms with Gasteiger partial charge < -0.3 is 10.6 Å². The average Bonchev–Trinajstić information content (AvgIpc) is 3.27. The largest absolute Gasteiger partial charge is 0.351 e. The number of hydrogen-bond acceptors (Lipinski definition) is 4. The molecule has 26 heavy (non-hydrogen) atoms. The number of nitrogens with one attached hydrogen (secondary N) is 2. The van der Waals surface area contributed by atoms with Crippen molar-refractivity contribution >= 4 is 23.2 Å². The Morgan fingerprint density at radius 3 is 2.73 bits per heavy atom. The summed E-state index contributed by atoms with van der Waals surface area (Å²) in [7, 11) is 0. The Kier molecular flexibility index (Phi) is 4.50. The van der Waals surface area contributed by atoms with Crippen LogP contribution >= 0.6 is 11.3 Å². The van der Waals surface area contributed by atoms with Crippen molar-refractivity contribution in [2.24, 2.45) is 0 Å².